The van der Waals surface area contributed by atoms with Crippen molar-refractivity contribution < 1.29 is 4.79 Å². The van der Waals surface area contributed by atoms with Gasteiger partial charge < -0.3 is 5.32 Å². The van der Waals surface area contributed by atoms with Gasteiger partial charge in [0.2, 0.25) is 5.91 Å². The molecule has 1 fully saturated rings. The molecule has 0 aliphatic heterocycles. The number of nitrogens with one attached hydrogen (secondary N) is 1. The molecular weight excluding hydrogens is 248 g/mol. The maximum absolute atomic E-state index is 11.3. The number of para-hydroxylation sites is 1. The van der Waals surface area contributed by atoms with E-state index in [0.717, 1.165) is 16.6 Å². The number of carbonyl (C=O) groups excluding carboxylic acids is 1. The molecule has 0 radical (unpaired) electrons. The Morgan fingerprint density at radius 3 is 2.70 bits per heavy atom. The molecule has 1 N–H and O–H groups in total. The smallest absolute Gasteiger partial charge is 0.221 e. The van der Waals surface area contributed by atoms with Crippen LogP contribution in [0.15, 0.2) is 30.3 Å². The van der Waals surface area contributed by atoms with E-state index in [1.807, 2.05) is 18.2 Å². The second-order valence-corrected chi connectivity index (χ2v) is 5.63. The monoisotopic (exact) mass is 268 g/mol. The summed E-state index contributed by atoms with van der Waals surface area (Å²) in [7, 11) is 0. The highest BCUT2D eigenvalue weighted by molar-refractivity contribution is 5.99. The van der Waals surface area contributed by atoms with E-state index < -0.39 is 0 Å². The third kappa shape index (κ3) is 2.67. The van der Waals surface area contributed by atoms with E-state index in [-0.39, 0.29) is 5.91 Å². The standard InChI is InChI=1S/C17H20N2O/c1-12(20)18-16-9-5-8-14-10-11-15(19-17(14)16)13-6-3-2-4-7-13/h5,8-11,13H,2-4,6-7H2,1H3,(H,18,20). The highest BCUT2D eigenvalue weighted by Gasteiger charge is 2.17. The van der Waals surface area contributed by atoms with Gasteiger partial charge in [-0.05, 0) is 25.0 Å². The van der Waals surface area contributed by atoms with Crippen molar-refractivity contribution >= 4 is 22.5 Å². The summed E-state index contributed by atoms with van der Waals surface area (Å²) in [6.45, 7) is 1.53. The Labute approximate surface area is 119 Å². The van der Waals surface area contributed by atoms with Crippen LogP contribution in [0.5, 0.6) is 0 Å². The SMILES string of the molecule is CC(=O)Nc1cccc2ccc(C3CCCCC3)nc12. The number of fused-ring (bicyclic) bond motifs is 1. The number of rotatable bonds is 2. The molecule has 3 heteroatoms. The topological polar surface area (TPSA) is 42.0 Å². The molecule has 1 amide bonds. The second kappa shape index (κ2) is 5.61. The lowest BCUT2D eigenvalue weighted by Gasteiger charge is -2.21. The molecule has 0 unspecified atom stereocenters. The molecule has 0 spiro atoms. The van der Waals surface area contributed by atoms with Gasteiger partial charge in [0.25, 0.3) is 0 Å². The Morgan fingerprint density at radius 2 is 1.95 bits per heavy atom. The van der Waals surface area contributed by atoms with Crippen molar-refractivity contribution in [3.05, 3.63) is 36.0 Å². The van der Waals surface area contributed by atoms with Gasteiger partial charge >= 0.3 is 0 Å². The summed E-state index contributed by atoms with van der Waals surface area (Å²) in [4.78, 5) is 16.1. The molecule has 3 nitrogen and oxygen atoms in total. The number of amides is 1. The summed E-state index contributed by atoms with van der Waals surface area (Å²) in [5.74, 6) is 0.529. The van der Waals surface area contributed by atoms with Gasteiger partial charge in [-0.15, -0.1) is 0 Å². The van der Waals surface area contributed by atoms with Crippen molar-refractivity contribution in [2.75, 3.05) is 5.32 Å². The number of benzene rings is 1. The Hall–Kier alpha value is -1.90. The molecule has 20 heavy (non-hydrogen) atoms. The van der Waals surface area contributed by atoms with Crippen molar-refractivity contribution in [2.45, 2.75) is 44.9 Å². The molecule has 3 rings (SSSR count). The number of hydrogen-bond donors (Lipinski definition) is 1. The highest BCUT2D eigenvalue weighted by atomic mass is 16.1. The summed E-state index contributed by atoms with van der Waals surface area (Å²) in [5, 5.41) is 3.96. The normalized spacial score (nSPS) is 16.2. The van der Waals surface area contributed by atoms with Crippen molar-refractivity contribution in [2.24, 2.45) is 0 Å². The Morgan fingerprint density at radius 1 is 1.15 bits per heavy atom. The molecule has 0 bridgehead atoms. The molecule has 0 saturated heterocycles. The molecule has 1 aromatic heterocycles. The Balaban J connectivity index is 2.01. The zero-order valence-corrected chi connectivity index (χ0v) is 11.9. The first-order chi connectivity index (χ1) is 9.74. The van der Waals surface area contributed by atoms with Crippen molar-refractivity contribution in [3.63, 3.8) is 0 Å². The number of aromatic nitrogens is 1. The van der Waals surface area contributed by atoms with Gasteiger partial charge in [0.15, 0.2) is 0 Å². The van der Waals surface area contributed by atoms with Gasteiger partial charge in [-0.2, -0.15) is 0 Å². The van der Waals surface area contributed by atoms with Crippen LogP contribution >= 0.6 is 0 Å². The molecule has 0 atom stereocenters. The summed E-state index contributed by atoms with van der Waals surface area (Å²) in [6, 6.07) is 10.2. The summed E-state index contributed by atoms with van der Waals surface area (Å²) in [5.41, 5.74) is 2.90. The van der Waals surface area contributed by atoms with Gasteiger partial charge in [-0.1, -0.05) is 37.5 Å². The van der Waals surface area contributed by atoms with Crippen LogP contribution in [0, 0.1) is 0 Å². The molecule has 1 saturated carbocycles. The maximum atomic E-state index is 11.3. The van der Waals surface area contributed by atoms with E-state index in [0.29, 0.717) is 5.92 Å². The first-order valence-electron chi connectivity index (χ1n) is 7.41. The van der Waals surface area contributed by atoms with Crippen LogP contribution in [0.4, 0.5) is 5.69 Å². The number of carbonyl (C=O) groups is 1. The molecule has 2 aromatic rings. The van der Waals surface area contributed by atoms with Crippen LogP contribution < -0.4 is 5.32 Å². The quantitative estimate of drug-likeness (QED) is 0.885. The third-order valence-electron chi connectivity index (χ3n) is 4.08. The van der Waals surface area contributed by atoms with E-state index in [9.17, 15) is 4.79 Å². The van der Waals surface area contributed by atoms with E-state index >= 15 is 0 Å². The highest BCUT2D eigenvalue weighted by Crippen LogP contribution is 2.33. The Kier molecular flexibility index (Phi) is 3.68. The van der Waals surface area contributed by atoms with Gasteiger partial charge in [-0.25, -0.2) is 0 Å². The third-order valence-corrected chi connectivity index (χ3v) is 4.08. The van der Waals surface area contributed by atoms with Crippen LogP contribution in [-0.2, 0) is 4.79 Å². The van der Waals surface area contributed by atoms with Gasteiger partial charge in [0.1, 0.15) is 0 Å². The van der Waals surface area contributed by atoms with Gasteiger partial charge in [0, 0.05) is 23.9 Å². The van der Waals surface area contributed by atoms with Crippen LogP contribution in [0.1, 0.15) is 50.6 Å². The van der Waals surface area contributed by atoms with Crippen LogP contribution in [0.3, 0.4) is 0 Å². The number of hydrogen-bond acceptors (Lipinski definition) is 2. The first-order valence-corrected chi connectivity index (χ1v) is 7.41. The summed E-state index contributed by atoms with van der Waals surface area (Å²) < 4.78 is 0. The van der Waals surface area contributed by atoms with Crippen molar-refractivity contribution in [1.82, 2.24) is 4.98 Å². The van der Waals surface area contributed by atoms with Crippen LogP contribution in [0.25, 0.3) is 10.9 Å². The second-order valence-electron chi connectivity index (χ2n) is 5.63. The number of nitrogens with zero attached hydrogens (tertiary/aromatic N) is 1. The van der Waals surface area contributed by atoms with E-state index in [1.54, 1.807) is 0 Å². The fraction of sp³-hybridized carbons (Fsp3) is 0.412. The fourth-order valence-electron chi connectivity index (χ4n) is 3.08. The number of pyridine rings is 1. The molecule has 104 valence electrons. The molecule has 1 aliphatic carbocycles. The van der Waals surface area contributed by atoms with E-state index in [2.05, 4.69) is 17.4 Å². The van der Waals surface area contributed by atoms with Gasteiger partial charge in [-0.3, -0.25) is 9.78 Å². The zero-order valence-electron chi connectivity index (χ0n) is 11.9. The minimum absolute atomic E-state index is 0.0534. The Bertz CT molecular complexity index is 630. The predicted octanol–water partition coefficient (Wildman–Crippen LogP) is 4.24. The minimum Gasteiger partial charge on any atom is -0.324 e. The predicted molar refractivity (Wildman–Crippen MR) is 81.9 cm³/mol. The van der Waals surface area contributed by atoms with E-state index in [1.165, 1.54) is 44.7 Å². The van der Waals surface area contributed by atoms with Crippen LogP contribution in [0.2, 0.25) is 0 Å². The molecule has 1 aromatic carbocycles. The lowest BCUT2D eigenvalue weighted by atomic mass is 9.86. The summed E-state index contributed by atoms with van der Waals surface area (Å²) in [6.07, 6.45) is 6.43. The van der Waals surface area contributed by atoms with Crippen molar-refractivity contribution in [1.29, 1.82) is 0 Å². The van der Waals surface area contributed by atoms with Gasteiger partial charge in [0.05, 0.1) is 11.2 Å². The average Bonchev–Trinajstić information content (AvgIpc) is 2.47. The molecule has 1 aliphatic rings. The largest absolute Gasteiger partial charge is 0.324 e. The maximum Gasteiger partial charge on any atom is 0.221 e. The minimum atomic E-state index is -0.0534. The summed E-state index contributed by atoms with van der Waals surface area (Å²) >= 11 is 0. The number of anilines is 1. The molecule has 1 heterocycles. The first kappa shape index (κ1) is 13.1. The van der Waals surface area contributed by atoms with Crippen LogP contribution in [-0.4, -0.2) is 10.9 Å². The molecular formula is C17H20N2O. The zero-order chi connectivity index (χ0) is 13.9. The van der Waals surface area contributed by atoms with E-state index in [4.69, 9.17) is 4.98 Å². The lowest BCUT2D eigenvalue weighted by molar-refractivity contribution is -0.114. The average molecular weight is 268 g/mol. The fourth-order valence-corrected chi connectivity index (χ4v) is 3.08. The lowest BCUT2D eigenvalue weighted by Crippen LogP contribution is -2.09. The van der Waals surface area contributed by atoms with Crippen molar-refractivity contribution in [3.8, 4) is 0 Å².